The zero-order chi connectivity index (χ0) is 22.2. The molecule has 5 rings (SSSR count). The van der Waals surface area contributed by atoms with Gasteiger partial charge in [-0.1, -0.05) is 6.07 Å². The molecule has 164 valence electrons. The number of nitrogens with one attached hydrogen (secondary N) is 1. The number of anilines is 1. The van der Waals surface area contributed by atoms with E-state index < -0.39 is 30.6 Å². The smallest absolute Gasteiger partial charge is 0.454 e. The maximum Gasteiger partial charge on any atom is 0.502 e. The van der Waals surface area contributed by atoms with Gasteiger partial charge in [0.25, 0.3) is 18.7 Å². The van der Waals surface area contributed by atoms with Gasteiger partial charge in [0.15, 0.2) is 11.5 Å². The number of rotatable bonds is 5. The van der Waals surface area contributed by atoms with Crippen molar-refractivity contribution >= 4 is 23.4 Å². The third-order valence-electron chi connectivity index (χ3n) is 5.44. The largest absolute Gasteiger partial charge is 0.502 e. The normalized spacial score (nSPS) is 19.2. The third kappa shape index (κ3) is 3.61. The molecule has 0 aromatic heterocycles. The number of nitrogens with zero attached hydrogens (tertiary/aromatic N) is 4. The molecule has 1 N–H and O–H groups in total. The number of azo groups is 2. The number of fused-ring (bicyclic) bond motifs is 2. The summed E-state index contributed by atoms with van der Waals surface area (Å²) in [7, 11) is 0. The van der Waals surface area contributed by atoms with Gasteiger partial charge in [-0.25, -0.2) is 9.18 Å². The number of hydrogen-bond donors (Lipinski definition) is 1. The Morgan fingerprint density at radius 1 is 1.09 bits per heavy atom. The molecule has 1 atom stereocenters. The van der Waals surface area contributed by atoms with Crippen molar-refractivity contribution < 1.29 is 32.9 Å². The molecule has 32 heavy (non-hydrogen) atoms. The lowest BCUT2D eigenvalue weighted by Crippen LogP contribution is -2.53. The lowest BCUT2D eigenvalue weighted by Gasteiger charge is -2.26. The van der Waals surface area contributed by atoms with E-state index in [1.54, 1.807) is 35.2 Å². The van der Waals surface area contributed by atoms with E-state index in [-0.39, 0.29) is 19.2 Å². The molecular weight excluding hydrogens is 421 g/mol. The second kappa shape index (κ2) is 7.91. The third-order valence-corrected chi connectivity index (χ3v) is 5.44. The van der Waals surface area contributed by atoms with Crippen LogP contribution in [0.25, 0.3) is 0 Å². The molecular formula is C21H19FN5O5+. The van der Waals surface area contributed by atoms with Crippen molar-refractivity contribution in [2.75, 3.05) is 31.3 Å². The Morgan fingerprint density at radius 3 is 2.66 bits per heavy atom. The van der Waals surface area contributed by atoms with Gasteiger partial charge in [-0.2, -0.15) is 0 Å². The van der Waals surface area contributed by atoms with E-state index in [2.05, 4.69) is 10.4 Å². The van der Waals surface area contributed by atoms with Crippen LogP contribution in [0.3, 0.4) is 0 Å². The maximum atomic E-state index is 13.3. The van der Waals surface area contributed by atoms with Crippen LogP contribution in [0.4, 0.5) is 10.1 Å². The SMILES string of the molecule is O=C(C[N+]1=NC2N(CCN2c2ccc(F)cc2)C(=O)C1=O)NCc1ccc2c(c1)OCO2. The zero-order valence-corrected chi connectivity index (χ0v) is 16.9. The summed E-state index contributed by atoms with van der Waals surface area (Å²) in [6.07, 6.45) is -0.771. The molecule has 3 heterocycles. The topological polar surface area (TPSA) is 104 Å². The number of amides is 3. The zero-order valence-electron chi connectivity index (χ0n) is 16.9. The highest BCUT2D eigenvalue weighted by Crippen LogP contribution is 2.32. The van der Waals surface area contributed by atoms with Crippen molar-refractivity contribution in [3.8, 4) is 11.5 Å². The van der Waals surface area contributed by atoms with Crippen LogP contribution in [0.1, 0.15) is 5.56 Å². The summed E-state index contributed by atoms with van der Waals surface area (Å²) in [5, 5.41) is 7.03. The van der Waals surface area contributed by atoms with E-state index in [1.807, 2.05) is 0 Å². The van der Waals surface area contributed by atoms with E-state index in [4.69, 9.17) is 9.47 Å². The second-order valence-corrected chi connectivity index (χ2v) is 7.46. The van der Waals surface area contributed by atoms with Crippen molar-refractivity contribution in [3.63, 3.8) is 0 Å². The number of carbonyl (C=O) groups excluding carboxylic acids is 3. The molecule has 10 nitrogen and oxygen atoms in total. The van der Waals surface area contributed by atoms with Gasteiger partial charge in [0.05, 0.1) is 0 Å². The van der Waals surface area contributed by atoms with Crippen LogP contribution in [-0.4, -0.2) is 60.0 Å². The van der Waals surface area contributed by atoms with Crippen molar-refractivity contribution in [1.82, 2.24) is 10.2 Å². The van der Waals surface area contributed by atoms with Crippen LogP contribution in [-0.2, 0) is 20.9 Å². The molecule has 1 unspecified atom stereocenters. The average Bonchev–Trinajstić information content (AvgIpc) is 3.43. The Morgan fingerprint density at radius 2 is 1.84 bits per heavy atom. The average molecular weight is 440 g/mol. The molecule has 0 aliphatic carbocycles. The van der Waals surface area contributed by atoms with Crippen LogP contribution in [0.2, 0.25) is 0 Å². The summed E-state index contributed by atoms with van der Waals surface area (Å²) in [5.41, 5.74) is 1.46. The first-order valence-corrected chi connectivity index (χ1v) is 10.0. The monoisotopic (exact) mass is 440 g/mol. The Balaban J connectivity index is 1.28. The van der Waals surface area contributed by atoms with Gasteiger partial charge in [-0.05, 0) is 46.7 Å². The molecule has 11 heteroatoms. The van der Waals surface area contributed by atoms with Crippen molar-refractivity contribution in [2.24, 2.45) is 5.11 Å². The van der Waals surface area contributed by atoms with Crippen LogP contribution in [0.15, 0.2) is 47.6 Å². The molecule has 3 aliphatic rings. The maximum absolute atomic E-state index is 13.3. The molecule has 3 aliphatic heterocycles. The van der Waals surface area contributed by atoms with Crippen LogP contribution >= 0.6 is 0 Å². The lowest BCUT2D eigenvalue weighted by atomic mass is 10.2. The highest BCUT2D eigenvalue weighted by molar-refractivity contribution is 6.31. The molecule has 0 radical (unpaired) electrons. The quantitative estimate of drug-likeness (QED) is 0.545. The van der Waals surface area contributed by atoms with Gasteiger partial charge in [0, 0.05) is 30.4 Å². The van der Waals surface area contributed by atoms with Crippen LogP contribution in [0, 0.1) is 5.82 Å². The first-order chi connectivity index (χ1) is 15.5. The highest BCUT2D eigenvalue weighted by Gasteiger charge is 2.49. The van der Waals surface area contributed by atoms with E-state index in [9.17, 15) is 18.8 Å². The highest BCUT2D eigenvalue weighted by atomic mass is 19.1. The minimum atomic E-state index is -0.861. The second-order valence-electron chi connectivity index (χ2n) is 7.46. The first-order valence-electron chi connectivity index (χ1n) is 10.0. The molecule has 0 bridgehead atoms. The molecule has 2 aromatic carbocycles. The van der Waals surface area contributed by atoms with Gasteiger partial charge in [0.1, 0.15) is 5.82 Å². The van der Waals surface area contributed by atoms with Crippen molar-refractivity contribution in [3.05, 3.63) is 53.8 Å². The Bertz CT molecular complexity index is 1140. The van der Waals surface area contributed by atoms with E-state index in [0.29, 0.717) is 30.3 Å². The summed E-state index contributed by atoms with van der Waals surface area (Å²) in [5.74, 6) is -1.18. The van der Waals surface area contributed by atoms with Gasteiger partial charge in [0.2, 0.25) is 6.79 Å². The molecule has 0 spiro atoms. The number of hydrogen-bond acceptors (Lipinski definition) is 7. The summed E-state index contributed by atoms with van der Waals surface area (Å²) in [4.78, 5) is 40.6. The molecule has 1 fully saturated rings. The number of carbonyl (C=O) groups is 3. The number of ether oxygens (including phenoxy) is 2. The van der Waals surface area contributed by atoms with Gasteiger partial charge >= 0.3 is 11.8 Å². The predicted molar refractivity (Wildman–Crippen MR) is 106 cm³/mol. The number of benzene rings is 2. The van der Waals surface area contributed by atoms with Crippen molar-refractivity contribution in [2.45, 2.75) is 12.8 Å². The summed E-state index contributed by atoms with van der Waals surface area (Å²) in [6, 6.07) is 11.1. The number of halogens is 1. The van der Waals surface area contributed by atoms with Gasteiger partial charge in [-0.3, -0.25) is 14.5 Å². The lowest BCUT2D eigenvalue weighted by molar-refractivity contribution is -0.509. The Kier molecular flexibility index (Phi) is 4.92. The molecule has 2 aromatic rings. The fourth-order valence-corrected chi connectivity index (χ4v) is 3.81. The minimum absolute atomic E-state index is 0.158. The van der Waals surface area contributed by atoms with E-state index in [1.165, 1.54) is 17.0 Å². The van der Waals surface area contributed by atoms with Crippen molar-refractivity contribution in [1.29, 1.82) is 0 Å². The molecule has 1 saturated heterocycles. The fraction of sp³-hybridized carbons (Fsp3) is 0.286. The summed E-state index contributed by atoms with van der Waals surface area (Å²) >= 11 is 0. The van der Waals surface area contributed by atoms with Crippen LogP contribution < -0.4 is 19.7 Å². The van der Waals surface area contributed by atoms with E-state index >= 15 is 0 Å². The van der Waals surface area contributed by atoms with Crippen LogP contribution in [0.5, 0.6) is 11.5 Å². The standard InChI is InChI=1S/C21H18FN5O5/c22-14-2-4-15(5-3-14)25-7-8-26-19(29)20(30)27(24-21(25)26)11-18(28)23-10-13-1-6-16-17(9-13)32-12-31-16/h1-6,9,21H,7-8,10-12H2/p+1. The minimum Gasteiger partial charge on any atom is -0.454 e. The summed E-state index contributed by atoms with van der Waals surface area (Å²) in [6.45, 7) is 0.716. The molecule has 0 saturated carbocycles. The predicted octanol–water partition coefficient (Wildman–Crippen LogP) is 0.808. The Hall–Kier alpha value is -4.02. The van der Waals surface area contributed by atoms with Gasteiger partial charge < -0.3 is 19.7 Å². The Labute approximate surface area is 181 Å². The van der Waals surface area contributed by atoms with E-state index in [0.717, 1.165) is 10.3 Å². The first kappa shape index (κ1) is 19.9. The van der Waals surface area contributed by atoms with Gasteiger partial charge in [-0.15, -0.1) is 0 Å². The summed E-state index contributed by atoms with van der Waals surface area (Å²) < 4.78 is 24.7. The fourth-order valence-electron chi connectivity index (χ4n) is 3.81. The molecule has 3 amide bonds.